The summed E-state index contributed by atoms with van der Waals surface area (Å²) in [6.45, 7) is 9.48. The highest BCUT2D eigenvalue weighted by Gasteiger charge is 2.31. The van der Waals surface area contributed by atoms with Gasteiger partial charge in [-0.15, -0.1) is 0 Å². The van der Waals surface area contributed by atoms with Crippen LogP contribution in [0.1, 0.15) is 46.6 Å². The Morgan fingerprint density at radius 3 is 1.33 bits per heavy atom. The highest BCUT2D eigenvalue weighted by Crippen LogP contribution is 2.27. The topological polar surface area (TPSA) is 54.4 Å². The van der Waals surface area contributed by atoms with E-state index in [2.05, 4.69) is 13.8 Å². The van der Waals surface area contributed by atoms with E-state index in [1.54, 1.807) is 0 Å². The maximum Gasteiger partial charge on any atom is 0.300 e. The highest BCUT2D eigenvalue weighted by atomic mass is 32.2. The fraction of sp³-hybridized carbons (Fsp3) is 0.538. The van der Waals surface area contributed by atoms with E-state index in [4.69, 9.17) is 4.55 Å². The average molecular weight is 332 g/mol. The number of hydrogen-bond acceptors (Lipinski definition) is 2. The standard InChI is InChI=1S/C8H6F4O3S.C3H8.C2H6/c1-2-3-4(9)6(11)8(16(13,14)15)7(12)5(3)10;1-3-2;1-2/h2H2,1H3,(H,13,14,15);3H2,1-2H3;1-2H3. The van der Waals surface area contributed by atoms with Gasteiger partial charge in [0.15, 0.2) is 28.2 Å². The first kappa shape index (κ1) is 22.1. The second-order valence-corrected chi connectivity index (χ2v) is 4.96. The van der Waals surface area contributed by atoms with E-state index >= 15 is 0 Å². The predicted molar refractivity (Wildman–Crippen MR) is 72.8 cm³/mol. The molecule has 0 bridgehead atoms. The maximum atomic E-state index is 13.1. The summed E-state index contributed by atoms with van der Waals surface area (Å²) >= 11 is 0. The van der Waals surface area contributed by atoms with Crippen molar-refractivity contribution in [2.45, 2.75) is 52.4 Å². The number of hydrogen-bond donors (Lipinski definition) is 1. The maximum absolute atomic E-state index is 13.1. The first-order chi connectivity index (χ1) is 9.63. The van der Waals surface area contributed by atoms with Crippen LogP contribution in [-0.2, 0) is 16.5 Å². The SMILES string of the molecule is CC.CCC.CCc1c(F)c(F)c(S(=O)(=O)O)c(F)c1F. The van der Waals surface area contributed by atoms with Crippen molar-refractivity contribution in [2.24, 2.45) is 0 Å². The lowest BCUT2D eigenvalue weighted by atomic mass is 10.1. The molecule has 8 heteroatoms. The smallest absolute Gasteiger partial charge is 0.282 e. The van der Waals surface area contributed by atoms with Gasteiger partial charge in [0, 0.05) is 5.56 Å². The van der Waals surface area contributed by atoms with Crippen LogP contribution in [0.4, 0.5) is 17.6 Å². The number of halogens is 4. The molecule has 1 aromatic carbocycles. The van der Waals surface area contributed by atoms with Gasteiger partial charge >= 0.3 is 10.1 Å². The molecule has 0 fully saturated rings. The van der Waals surface area contributed by atoms with Crippen molar-refractivity contribution in [2.75, 3.05) is 0 Å². The molecule has 3 nitrogen and oxygen atoms in total. The molecular formula is C13H20F4O3S. The third-order valence-corrected chi connectivity index (χ3v) is 2.80. The van der Waals surface area contributed by atoms with Gasteiger partial charge in [-0.2, -0.15) is 8.42 Å². The van der Waals surface area contributed by atoms with Crippen molar-refractivity contribution in [3.8, 4) is 0 Å². The summed E-state index contributed by atoms with van der Waals surface area (Å²) in [4.78, 5) is -2.01. The Labute approximate surface area is 122 Å². The fourth-order valence-corrected chi connectivity index (χ4v) is 1.83. The minimum Gasteiger partial charge on any atom is -0.282 e. The molecule has 1 rings (SSSR count). The normalized spacial score (nSPS) is 10.2. The third-order valence-electron chi connectivity index (χ3n) is 1.93. The lowest BCUT2D eigenvalue weighted by Crippen LogP contribution is -2.12. The van der Waals surface area contributed by atoms with Gasteiger partial charge in [-0.1, -0.05) is 41.0 Å². The Kier molecular flexibility index (Phi) is 10.3. The largest absolute Gasteiger partial charge is 0.300 e. The van der Waals surface area contributed by atoms with Crippen LogP contribution in [0.2, 0.25) is 0 Å². The van der Waals surface area contributed by atoms with Crippen molar-refractivity contribution in [1.82, 2.24) is 0 Å². The molecule has 0 saturated carbocycles. The molecule has 1 aromatic rings. The highest BCUT2D eigenvalue weighted by molar-refractivity contribution is 7.85. The summed E-state index contributed by atoms with van der Waals surface area (Å²) in [5, 5.41) is 0. The molecule has 0 unspecified atom stereocenters. The second kappa shape index (κ2) is 9.73. The minimum atomic E-state index is -5.36. The summed E-state index contributed by atoms with van der Waals surface area (Å²) in [6, 6.07) is 0. The van der Waals surface area contributed by atoms with Gasteiger partial charge in [0.05, 0.1) is 0 Å². The molecule has 0 aromatic heterocycles. The first-order valence-electron chi connectivity index (χ1n) is 6.45. The van der Waals surface area contributed by atoms with Gasteiger partial charge in [-0.05, 0) is 6.42 Å². The molecule has 0 radical (unpaired) electrons. The van der Waals surface area contributed by atoms with E-state index in [1.807, 2.05) is 13.8 Å². The molecule has 0 aliphatic heterocycles. The van der Waals surface area contributed by atoms with Crippen molar-refractivity contribution in [1.29, 1.82) is 0 Å². The number of benzene rings is 1. The quantitative estimate of drug-likeness (QED) is 0.493. The molecule has 0 atom stereocenters. The van der Waals surface area contributed by atoms with Crippen LogP contribution in [0, 0.1) is 23.3 Å². The molecule has 1 N–H and O–H groups in total. The van der Waals surface area contributed by atoms with Crippen LogP contribution >= 0.6 is 0 Å². The lowest BCUT2D eigenvalue weighted by Gasteiger charge is -2.08. The Balaban J connectivity index is 0. The zero-order valence-corrected chi connectivity index (χ0v) is 13.4. The van der Waals surface area contributed by atoms with Crippen molar-refractivity contribution < 1.29 is 30.5 Å². The molecule has 124 valence electrons. The van der Waals surface area contributed by atoms with Crippen molar-refractivity contribution in [3.63, 3.8) is 0 Å². The summed E-state index contributed by atoms with van der Waals surface area (Å²) in [7, 11) is -5.36. The molecule has 0 heterocycles. The summed E-state index contributed by atoms with van der Waals surface area (Å²) < 4.78 is 81.7. The van der Waals surface area contributed by atoms with Crippen LogP contribution in [0.25, 0.3) is 0 Å². The van der Waals surface area contributed by atoms with Gasteiger partial charge in [-0.25, -0.2) is 17.6 Å². The van der Waals surface area contributed by atoms with Gasteiger partial charge in [-0.3, -0.25) is 4.55 Å². The van der Waals surface area contributed by atoms with E-state index < -0.39 is 43.8 Å². The molecule has 0 amide bonds. The second-order valence-electron chi connectivity index (χ2n) is 3.60. The Hall–Kier alpha value is -1.15. The van der Waals surface area contributed by atoms with Gasteiger partial charge in [0.25, 0.3) is 0 Å². The Bertz CT molecular complexity index is 528. The fourth-order valence-electron chi connectivity index (χ4n) is 1.19. The minimum absolute atomic E-state index is 0.364. The number of rotatable bonds is 2. The van der Waals surface area contributed by atoms with Crippen LogP contribution in [0.15, 0.2) is 4.90 Å². The van der Waals surface area contributed by atoms with E-state index in [9.17, 15) is 26.0 Å². The van der Waals surface area contributed by atoms with E-state index in [-0.39, 0.29) is 6.42 Å². The van der Waals surface area contributed by atoms with E-state index in [0.717, 1.165) is 0 Å². The molecule has 0 saturated heterocycles. The zero-order chi connectivity index (χ0) is 17.4. The zero-order valence-electron chi connectivity index (χ0n) is 12.6. The van der Waals surface area contributed by atoms with Gasteiger partial charge in [0.2, 0.25) is 0 Å². The van der Waals surface area contributed by atoms with Gasteiger partial charge in [0.1, 0.15) is 0 Å². The molecule has 0 spiro atoms. The predicted octanol–water partition coefficient (Wildman–Crippen LogP) is 4.49. The van der Waals surface area contributed by atoms with Crippen LogP contribution < -0.4 is 0 Å². The van der Waals surface area contributed by atoms with Crippen molar-refractivity contribution >= 4 is 10.1 Å². The van der Waals surface area contributed by atoms with E-state index in [0.29, 0.717) is 0 Å². The van der Waals surface area contributed by atoms with Crippen LogP contribution in [0.3, 0.4) is 0 Å². The molecular weight excluding hydrogens is 312 g/mol. The summed E-state index contributed by atoms with van der Waals surface area (Å²) in [5.41, 5.74) is -0.914. The van der Waals surface area contributed by atoms with Gasteiger partial charge < -0.3 is 0 Å². The molecule has 21 heavy (non-hydrogen) atoms. The molecule has 0 aliphatic carbocycles. The monoisotopic (exact) mass is 332 g/mol. The van der Waals surface area contributed by atoms with E-state index in [1.165, 1.54) is 13.3 Å². The third kappa shape index (κ3) is 5.62. The van der Waals surface area contributed by atoms with Crippen molar-refractivity contribution in [3.05, 3.63) is 28.8 Å². The lowest BCUT2D eigenvalue weighted by molar-refractivity contribution is 0.395. The Morgan fingerprint density at radius 1 is 0.857 bits per heavy atom. The molecule has 0 aliphatic rings. The average Bonchev–Trinajstić information content (AvgIpc) is 2.39. The van der Waals surface area contributed by atoms with Crippen LogP contribution in [-0.4, -0.2) is 13.0 Å². The first-order valence-corrected chi connectivity index (χ1v) is 7.89. The summed E-state index contributed by atoms with van der Waals surface area (Å²) in [5.74, 6) is -7.90. The Morgan fingerprint density at radius 2 is 1.14 bits per heavy atom. The summed E-state index contributed by atoms with van der Waals surface area (Å²) in [6.07, 6.45) is 0.886. The van der Waals surface area contributed by atoms with Crippen LogP contribution in [0.5, 0.6) is 0 Å².